The van der Waals surface area contributed by atoms with Crippen molar-refractivity contribution in [3.63, 3.8) is 0 Å². The molecule has 6 heteroatoms. The van der Waals surface area contributed by atoms with Gasteiger partial charge in [-0.15, -0.1) is 0 Å². The van der Waals surface area contributed by atoms with Gasteiger partial charge >= 0.3 is 18.9 Å². The van der Waals surface area contributed by atoms with Crippen molar-refractivity contribution in [3.05, 3.63) is 47.4 Å². The van der Waals surface area contributed by atoms with Gasteiger partial charge in [-0.05, 0) is 31.9 Å². The van der Waals surface area contributed by atoms with Crippen LogP contribution in [0, 0.1) is 0 Å². The molecule has 3 rings (SSSR count). The summed E-state index contributed by atoms with van der Waals surface area (Å²) in [6.45, 7) is 6.54. The molecule has 1 unspecified atom stereocenters. The molecule has 5 nitrogen and oxygen atoms in total. The SMILES string of the molecule is CC1=C([O-])ON(Cc2ccccc2)C1[C@H]1COC(C)(C)O1.[Li+]. The quantitative estimate of drug-likeness (QED) is 0.639. The van der Waals surface area contributed by atoms with E-state index in [4.69, 9.17) is 14.3 Å². The molecule has 1 aromatic carbocycles. The number of nitrogens with zero attached hydrogens (tertiary/aromatic N) is 1. The zero-order valence-corrected chi connectivity index (χ0v) is 13.5. The Labute approximate surface area is 143 Å². The van der Waals surface area contributed by atoms with E-state index in [1.807, 2.05) is 44.2 Å². The van der Waals surface area contributed by atoms with E-state index in [1.165, 1.54) is 0 Å². The van der Waals surface area contributed by atoms with E-state index in [0.717, 1.165) is 5.56 Å². The summed E-state index contributed by atoms with van der Waals surface area (Å²) in [5, 5.41) is 13.6. The molecule has 1 aromatic rings. The topological polar surface area (TPSA) is 54.0 Å². The number of benzene rings is 1. The average molecular weight is 297 g/mol. The smallest absolute Gasteiger partial charge is 0.545 e. The van der Waals surface area contributed by atoms with Gasteiger partial charge in [0, 0.05) is 6.54 Å². The first-order chi connectivity index (χ1) is 9.96. The fourth-order valence-corrected chi connectivity index (χ4v) is 2.80. The van der Waals surface area contributed by atoms with Crippen molar-refractivity contribution < 1.29 is 38.3 Å². The van der Waals surface area contributed by atoms with Gasteiger partial charge in [0.1, 0.15) is 6.10 Å². The van der Waals surface area contributed by atoms with Crippen LogP contribution in [-0.2, 0) is 20.9 Å². The third-order valence-corrected chi connectivity index (χ3v) is 3.84. The van der Waals surface area contributed by atoms with Crippen LogP contribution in [0.1, 0.15) is 26.3 Å². The minimum absolute atomic E-state index is 0. The van der Waals surface area contributed by atoms with E-state index in [0.29, 0.717) is 18.7 Å². The molecule has 2 atom stereocenters. The fourth-order valence-electron chi connectivity index (χ4n) is 2.80. The standard InChI is InChI=1S/C16H21NO4.Li/c1-11-14(13-10-19-16(2,3)20-13)17(21-15(11)18)9-12-7-5-4-6-8-12;/h4-8,13-14,18H,9-10H2,1-3H3;/q;+1/p-1/t13-,14?;/m1./s1. The molecule has 114 valence electrons. The Bertz CT molecular complexity index is 546. The Hall–Kier alpha value is -0.963. The fraction of sp³-hybridized carbons (Fsp3) is 0.500. The van der Waals surface area contributed by atoms with Gasteiger partial charge in [0.25, 0.3) is 0 Å². The van der Waals surface area contributed by atoms with Crippen LogP contribution in [0.3, 0.4) is 0 Å². The molecule has 0 N–H and O–H groups in total. The Morgan fingerprint density at radius 3 is 2.55 bits per heavy atom. The maximum Gasteiger partial charge on any atom is 1.00 e. The molecule has 0 spiro atoms. The Morgan fingerprint density at radius 2 is 1.95 bits per heavy atom. The third kappa shape index (κ3) is 3.50. The predicted octanol–water partition coefficient (Wildman–Crippen LogP) is -1.45. The van der Waals surface area contributed by atoms with Crippen LogP contribution in [0.5, 0.6) is 0 Å². The Kier molecular flexibility index (Phi) is 5.26. The van der Waals surface area contributed by atoms with Crippen LogP contribution in [-0.4, -0.2) is 29.6 Å². The zero-order chi connectivity index (χ0) is 15.0. The molecular formula is C16H20LiNO4. The van der Waals surface area contributed by atoms with Gasteiger partial charge in [-0.1, -0.05) is 30.3 Å². The third-order valence-electron chi connectivity index (χ3n) is 3.84. The normalized spacial score (nSPS) is 27.6. The van der Waals surface area contributed by atoms with Gasteiger partial charge in [0.15, 0.2) is 5.79 Å². The monoisotopic (exact) mass is 297 g/mol. The molecule has 0 bridgehead atoms. The molecule has 0 radical (unpaired) electrons. The summed E-state index contributed by atoms with van der Waals surface area (Å²) in [4.78, 5) is 5.39. The molecule has 2 aliphatic heterocycles. The number of hydroxylamine groups is 2. The minimum Gasteiger partial charge on any atom is -0.545 e. The average Bonchev–Trinajstić information content (AvgIpc) is 2.92. The van der Waals surface area contributed by atoms with E-state index in [-0.39, 0.29) is 37.0 Å². The van der Waals surface area contributed by atoms with Crippen molar-refractivity contribution in [2.45, 2.75) is 45.2 Å². The van der Waals surface area contributed by atoms with Gasteiger partial charge in [0.05, 0.1) is 18.6 Å². The molecule has 0 aliphatic carbocycles. The van der Waals surface area contributed by atoms with Gasteiger partial charge in [-0.25, -0.2) is 5.06 Å². The van der Waals surface area contributed by atoms with Crippen LogP contribution < -0.4 is 24.0 Å². The second-order valence-electron chi connectivity index (χ2n) is 5.93. The molecule has 22 heavy (non-hydrogen) atoms. The van der Waals surface area contributed by atoms with Crippen molar-refractivity contribution in [1.29, 1.82) is 0 Å². The van der Waals surface area contributed by atoms with E-state index in [2.05, 4.69) is 0 Å². The van der Waals surface area contributed by atoms with Crippen LogP contribution in [0.2, 0.25) is 0 Å². The number of rotatable bonds is 3. The largest absolute Gasteiger partial charge is 1.00 e. The summed E-state index contributed by atoms with van der Waals surface area (Å²) in [5.74, 6) is -0.904. The van der Waals surface area contributed by atoms with Crippen molar-refractivity contribution in [3.8, 4) is 0 Å². The zero-order valence-electron chi connectivity index (χ0n) is 13.5. The van der Waals surface area contributed by atoms with Crippen LogP contribution >= 0.6 is 0 Å². The number of hydrogen-bond donors (Lipinski definition) is 0. The first-order valence-corrected chi connectivity index (χ1v) is 7.14. The van der Waals surface area contributed by atoms with Crippen molar-refractivity contribution in [2.75, 3.05) is 6.61 Å². The Balaban J connectivity index is 0.00000176. The summed E-state index contributed by atoms with van der Waals surface area (Å²) >= 11 is 0. The van der Waals surface area contributed by atoms with Gasteiger partial charge < -0.3 is 19.4 Å². The second-order valence-corrected chi connectivity index (χ2v) is 5.93. The minimum atomic E-state index is -0.616. The summed E-state index contributed by atoms with van der Waals surface area (Å²) < 4.78 is 11.5. The molecule has 2 aliphatic rings. The molecule has 2 heterocycles. The van der Waals surface area contributed by atoms with Crippen molar-refractivity contribution >= 4 is 0 Å². The summed E-state index contributed by atoms with van der Waals surface area (Å²) in [7, 11) is 0. The molecule has 1 saturated heterocycles. The van der Waals surface area contributed by atoms with Crippen molar-refractivity contribution in [1.82, 2.24) is 5.06 Å². The van der Waals surface area contributed by atoms with E-state index < -0.39 is 5.79 Å². The van der Waals surface area contributed by atoms with Crippen LogP contribution in [0.15, 0.2) is 41.9 Å². The Morgan fingerprint density at radius 1 is 1.27 bits per heavy atom. The molecule has 0 aromatic heterocycles. The second kappa shape index (κ2) is 6.65. The number of ether oxygens (including phenoxy) is 2. The first kappa shape index (κ1) is 17.4. The number of hydrogen-bond acceptors (Lipinski definition) is 5. The van der Waals surface area contributed by atoms with Gasteiger partial charge in [0.2, 0.25) is 0 Å². The summed E-state index contributed by atoms with van der Waals surface area (Å²) in [6.07, 6.45) is -0.199. The van der Waals surface area contributed by atoms with Crippen LogP contribution in [0.25, 0.3) is 0 Å². The molecular weight excluding hydrogens is 277 g/mol. The van der Waals surface area contributed by atoms with Gasteiger partial charge in [-0.2, -0.15) is 0 Å². The maximum absolute atomic E-state index is 11.9. The van der Waals surface area contributed by atoms with Crippen molar-refractivity contribution in [2.24, 2.45) is 0 Å². The summed E-state index contributed by atoms with van der Waals surface area (Å²) in [5.41, 5.74) is 1.75. The molecule has 0 amide bonds. The van der Waals surface area contributed by atoms with E-state index in [9.17, 15) is 5.11 Å². The molecule has 0 saturated carbocycles. The van der Waals surface area contributed by atoms with Gasteiger partial charge in [-0.3, -0.25) is 0 Å². The molecule has 1 fully saturated rings. The summed E-state index contributed by atoms with van der Waals surface area (Å²) in [6, 6.07) is 9.71. The first-order valence-electron chi connectivity index (χ1n) is 7.14. The van der Waals surface area contributed by atoms with Crippen LogP contribution in [0.4, 0.5) is 0 Å². The predicted molar refractivity (Wildman–Crippen MR) is 74.5 cm³/mol. The van der Waals surface area contributed by atoms with E-state index in [1.54, 1.807) is 12.0 Å². The maximum atomic E-state index is 11.9. The van der Waals surface area contributed by atoms with E-state index >= 15 is 0 Å².